The minimum atomic E-state index is -1.08. The lowest BCUT2D eigenvalue weighted by Crippen LogP contribution is -2.37. The summed E-state index contributed by atoms with van der Waals surface area (Å²) in [5.41, 5.74) is 0.542. The zero-order valence-corrected chi connectivity index (χ0v) is 11.3. The number of hydrogen-bond acceptors (Lipinski definition) is 5. The highest BCUT2D eigenvalue weighted by atomic mass is 16.7. The Morgan fingerprint density at radius 1 is 1.30 bits per heavy atom. The van der Waals surface area contributed by atoms with Crippen LogP contribution < -0.4 is 0 Å². The standard InChI is InChI=1S/C15H16O5/c1-19-15(20-2)7-6-12(13(17)9-15)14(18)10-4-3-5-11(16)8-10/h3-8,16,18H,9H2,1-2H3. The van der Waals surface area contributed by atoms with E-state index in [9.17, 15) is 15.0 Å². The summed E-state index contributed by atoms with van der Waals surface area (Å²) in [7, 11) is 2.90. The van der Waals surface area contributed by atoms with Gasteiger partial charge in [0.05, 0.1) is 12.0 Å². The SMILES string of the molecule is COC1(OC)C=CC(=C(O)c2cccc(O)c2)C(=O)C1. The van der Waals surface area contributed by atoms with E-state index < -0.39 is 5.79 Å². The van der Waals surface area contributed by atoms with Crippen LogP contribution in [0.2, 0.25) is 0 Å². The maximum Gasteiger partial charge on any atom is 0.194 e. The monoisotopic (exact) mass is 276 g/mol. The van der Waals surface area contributed by atoms with Crippen molar-refractivity contribution in [2.75, 3.05) is 14.2 Å². The van der Waals surface area contributed by atoms with Crippen LogP contribution in [0.15, 0.2) is 42.0 Å². The van der Waals surface area contributed by atoms with Crippen LogP contribution >= 0.6 is 0 Å². The van der Waals surface area contributed by atoms with Crippen molar-refractivity contribution in [3.8, 4) is 5.75 Å². The molecule has 0 unspecified atom stereocenters. The van der Waals surface area contributed by atoms with Crippen molar-refractivity contribution in [3.05, 3.63) is 47.6 Å². The highest BCUT2D eigenvalue weighted by molar-refractivity contribution is 6.05. The van der Waals surface area contributed by atoms with E-state index in [4.69, 9.17) is 9.47 Å². The van der Waals surface area contributed by atoms with Gasteiger partial charge in [0, 0.05) is 19.8 Å². The summed E-state index contributed by atoms with van der Waals surface area (Å²) >= 11 is 0. The second kappa shape index (κ2) is 5.48. The Morgan fingerprint density at radius 2 is 2.00 bits per heavy atom. The molecule has 0 atom stereocenters. The van der Waals surface area contributed by atoms with Gasteiger partial charge in [-0.2, -0.15) is 0 Å². The Hall–Kier alpha value is -2.11. The first kappa shape index (κ1) is 14.3. The highest BCUT2D eigenvalue weighted by Crippen LogP contribution is 2.30. The van der Waals surface area contributed by atoms with Gasteiger partial charge >= 0.3 is 0 Å². The van der Waals surface area contributed by atoms with E-state index in [1.807, 2.05) is 0 Å². The van der Waals surface area contributed by atoms with E-state index >= 15 is 0 Å². The van der Waals surface area contributed by atoms with Gasteiger partial charge in [-0.05, 0) is 24.3 Å². The lowest BCUT2D eigenvalue weighted by atomic mass is 9.93. The van der Waals surface area contributed by atoms with Crippen molar-refractivity contribution in [2.24, 2.45) is 0 Å². The Balaban J connectivity index is 2.43. The van der Waals surface area contributed by atoms with Crippen LogP contribution in [0.5, 0.6) is 5.75 Å². The molecule has 0 aliphatic heterocycles. The molecule has 0 spiro atoms. The summed E-state index contributed by atoms with van der Waals surface area (Å²) in [6, 6.07) is 6.07. The lowest BCUT2D eigenvalue weighted by Gasteiger charge is -2.30. The van der Waals surface area contributed by atoms with Crippen LogP contribution in [0.1, 0.15) is 12.0 Å². The van der Waals surface area contributed by atoms with Crippen LogP contribution in [0, 0.1) is 0 Å². The van der Waals surface area contributed by atoms with Gasteiger partial charge < -0.3 is 19.7 Å². The number of aromatic hydroxyl groups is 1. The number of benzene rings is 1. The summed E-state index contributed by atoms with van der Waals surface area (Å²) < 4.78 is 10.4. The molecular weight excluding hydrogens is 260 g/mol. The second-order valence-corrected chi connectivity index (χ2v) is 4.47. The summed E-state index contributed by atoms with van der Waals surface area (Å²) in [5.74, 6) is -1.54. The Bertz CT molecular complexity index is 582. The Kier molecular flexibility index (Phi) is 3.92. The smallest absolute Gasteiger partial charge is 0.194 e. The molecule has 0 bridgehead atoms. The molecule has 0 saturated carbocycles. The summed E-state index contributed by atoms with van der Waals surface area (Å²) in [6.07, 6.45) is 3.04. The first-order valence-electron chi connectivity index (χ1n) is 6.07. The summed E-state index contributed by atoms with van der Waals surface area (Å²) in [6.45, 7) is 0. The van der Waals surface area contributed by atoms with Crippen LogP contribution in [-0.2, 0) is 14.3 Å². The molecule has 20 heavy (non-hydrogen) atoms. The van der Waals surface area contributed by atoms with Gasteiger partial charge in [-0.15, -0.1) is 0 Å². The van der Waals surface area contributed by atoms with E-state index in [1.165, 1.54) is 32.4 Å². The molecule has 5 nitrogen and oxygen atoms in total. The molecule has 1 aromatic rings. The molecule has 0 amide bonds. The molecule has 0 fully saturated rings. The average Bonchev–Trinajstić information content (AvgIpc) is 2.46. The molecular formula is C15H16O5. The minimum Gasteiger partial charge on any atom is -0.508 e. The molecule has 2 N–H and O–H groups in total. The van der Waals surface area contributed by atoms with Crippen molar-refractivity contribution in [1.29, 1.82) is 0 Å². The molecule has 2 rings (SSSR count). The molecule has 0 heterocycles. The largest absolute Gasteiger partial charge is 0.508 e. The maximum atomic E-state index is 12.1. The van der Waals surface area contributed by atoms with E-state index in [1.54, 1.807) is 18.2 Å². The number of aliphatic hydroxyl groups excluding tert-OH is 1. The fourth-order valence-corrected chi connectivity index (χ4v) is 2.06. The fourth-order valence-electron chi connectivity index (χ4n) is 2.06. The van der Waals surface area contributed by atoms with Gasteiger partial charge in [0.15, 0.2) is 11.6 Å². The maximum absolute atomic E-state index is 12.1. The Morgan fingerprint density at radius 3 is 2.55 bits per heavy atom. The zero-order chi connectivity index (χ0) is 14.8. The van der Waals surface area contributed by atoms with Crippen LogP contribution in [-0.4, -0.2) is 36.0 Å². The molecule has 1 aromatic carbocycles. The molecule has 5 heteroatoms. The first-order valence-corrected chi connectivity index (χ1v) is 6.07. The number of carbonyl (C=O) groups is 1. The summed E-state index contributed by atoms with van der Waals surface area (Å²) in [5, 5.41) is 19.6. The van der Waals surface area contributed by atoms with Crippen molar-refractivity contribution in [2.45, 2.75) is 12.2 Å². The van der Waals surface area contributed by atoms with Crippen molar-refractivity contribution in [1.82, 2.24) is 0 Å². The number of ether oxygens (including phenoxy) is 2. The van der Waals surface area contributed by atoms with Gasteiger partial charge in [-0.3, -0.25) is 4.79 Å². The number of ketones is 1. The normalized spacial score (nSPS) is 20.0. The second-order valence-electron chi connectivity index (χ2n) is 4.47. The van der Waals surface area contributed by atoms with E-state index in [-0.39, 0.29) is 29.3 Å². The highest BCUT2D eigenvalue weighted by Gasteiger charge is 2.35. The summed E-state index contributed by atoms with van der Waals surface area (Å²) in [4.78, 5) is 12.1. The van der Waals surface area contributed by atoms with Crippen LogP contribution in [0.25, 0.3) is 5.76 Å². The van der Waals surface area contributed by atoms with Gasteiger partial charge in [0.25, 0.3) is 0 Å². The first-order chi connectivity index (χ1) is 9.51. The number of allylic oxidation sites excluding steroid dienone is 2. The third-order valence-electron chi connectivity index (χ3n) is 3.28. The lowest BCUT2D eigenvalue weighted by molar-refractivity contribution is -0.178. The molecule has 0 radical (unpaired) electrons. The van der Waals surface area contributed by atoms with Crippen LogP contribution in [0.4, 0.5) is 0 Å². The number of methoxy groups -OCH3 is 2. The Labute approximate surface area is 116 Å². The third kappa shape index (κ3) is 2.59. The van der Waals surface area contributed by atoms with E-state index in [2.05, 4.69) is 0 Å². The minimum absolute atomic E-state index is 0.0185. The van der Waals surface area contributed by atoms with E-state index in [0.29, 0.717) is 5.56 Å². The predicted octanol–water partition coefficient (Wildman–Crippen LogP) is 2.18. The number of aliphatic hydroxyl groups is 1. The quantitative estimate of drug-likeness (QED) is 0.503. The molecule has 106 valence electrons. The predicted molar refractivity (Wildman–Crippen MR) is 73.2 cm³/mol. The molecule has 0 aromatic heterocycles. The third-order valence-corrected chi connectivity index (χ3v) is 3.28. The van der Waals surface area contributed by atoms with Gasteiger partial charge in [-0.25, -0.2) is 0 Å². The zero-order valence-electron chi connectivity index (χ0n) is 11.3. The van der Waals surface area contributed by atoms with Gasteiger partial charge in [0.1, 0.15) is 11.5 Å². The van der Waals surface area contributed by atoms with Crippen molar-refractivity contribution < 1.29 is 24.5 Å². The number of phenolic OH excluding ortho intramolecular Hbond substituents is 1. The topological polar surface area (TPSA) is 76.0 Å². The number of Topliss-reactive ketones (excluding diaryl/α,β-unsaturated/α-hetero) is 1. The van der Waals surface area contributed by atoms with Crippen molar-refractivity contribution in [3.63, 3.8) is 0 Å². The number of hydrogen-bond donors (Lipinski definition) is 2. The number of rotatable bonds is 3. The van der Waals surface area contributed by atoms with Crippen molar-refractivity contribution >= 4 is 11.5 Å². The molecule has 0 saturated heterocycles. The fraction of sp³-hybridized carbons (Fsp3) is 0.267. The van der Waals surface area contributed by atoms with Gasteiger partial charge in [0.2, 0.25) is 0 Å². The molecule has 1 aliphatic carbocycles. The van der Waals surface area contributed by atoms with E-state index in [0.717, 1.165) is 0 Å². The molecule has 1 aliphatic rings. The number of carbonyl (C=O) groups excluding carboxylic acids is 1. The van der Waals surface area contributed by atoms with Gasteiger partial charge in [-0.1, -0.05) is 12.1 Å². The average molecular weight is 276 g/mol. The van der Waals surface area contributed by atoms with Crippen LogP contribution in [0.3, 0.4) is 0 Å². The number of phenols is 1.